The fraction of sp³-hybridized carbons (Fsp3) is 1.00. The summed E-state index contributed by atoms with van der Waals surface area (Å²) in [6, 6.07) is 0. The van der Waals surface area contributed by atoms with E-state index in [9.17, 15) is 86.8 Å². The van der Waals surface area contributed by atoms with Crippen LogP contribution in [0.4, 0.5) is 0 Å². The highest BCUT2D eigenvalue weighted by Crippen LogP contribution is 2.71. The van der Waals surface area contributed by atoms with Gasteiger partial charge in [0, 0.05) is 19.4 Å². The van der Waals surface area contributed by atoms with Gasteiger partial charge in [-0.15, -0.1) is 0 Å². The second-order valence-electron chi connectivity index (χ2n) is 27.3. The fourth-order valence-electron chi connectivity index (χ4n) is 17.3. The molecule has 17 N–H and O–H groups in total. The smallest absolute Gasteiger partial charge is 0.187 e. The molecule has 10 rings (SSSR count). The van der Waals surface area contributed by atoms with Gasteiger partial charge in [0.2, 0.25) is 0 Å². The monoisotopic (exact) mass is 1260 g/mol. The quantitative estimate of drug-likeness (QED) is 0.0506. The molecule has 0 bridgehead atoms. The van der Waals surface area contributed by atoms with Gasteiger partial charge >= 0.3 is 0 Å². The van der Waals surface area contributed by atoms with Gasteiger partial charge in [-0.05, 0) is 104 Å². The van der Waals surface area contributed by atoms with Crippen molar-refractivity contribution in [3.05, 3.63) is 0 Å². The molecule has 6 saturated heterocycles. The van der Waals surface area contributed by atoms with Crippen LogP contribution in [0.2, 0.25) is 0 Å². The zero-order chi connectivity index (χ0) is 62.9. The summed E-state index contributed by atoms with van der Waals surface area (Å²) in [5.74, 6) is 0.755. The molecule has 0 radical (unpaired) electrons. The second kappa shape index (κ2) is 27.7. The first-order chi connectivity index (χ1) is 41.3. The van der Waals surface area contributed by atoms with E-state index in [4.69, 9.17) is 56.8 Å². The molecule has 0 aromatic heterocycles. The van der Waals surface area contributed by atoms with Crippen molar-refractivity contribution in [1.29, 1.82) is 0 Å². The summed E-state index contributed by atoms with van der Waals surface area (Å²) >= 11 is 0. The number of ether oxygens (including phenoxy) is 12. The molecule has 87 heavy (non-hydrogen) atoms. The van der Waals surface area contributed by atoms with Crippen LogP contribution in [0.3, 0.4) is 0 Å². The Hall–Kier alpha value is -1.16. The Morgan fingerprint density at radius 3 is 1.49 bits per heavy atom. The Balaban J connectivity index is 0.835. The van der Waals surface area contributed by atoms with E-state index >= 15 is 0 Å². The van der Waals surface area contributed by atoms with Crippen LogP contribution in [0.5, 0.6) is 0 Å². The zero-order valence-corrected chi connectivity index (χ0v) is 49.9. The van der Waals surface area contributed by atoms with Gasteiger partial charge in [-0.1, -0.05) is 27.7 Å². The van der Waals surface area contributed by atoms with E-state index in [1.165, 1.54) is 0 Å². The van der Waals surface area contributed by atoms with E-state index in [1.807, 2.05) is 6.92 Å². The van der Waals surface area contributed by atoms with Gasteiger partial charge in [0.05, 0.1) is 51.8 Å². The zero-order valence-electron chi connectivity index (χ0n) is 49.9. The summed E-state index contributed by atoms with van der Waals surface area (Å²) in [6.45, 7) is 5.55. The average molecular weight is 1260 g/mol. The predicted molar refractivity (Wildman–Crippen MR) is 289 cm³/mol. The summed E-state index contributed by atoms with van der Waals surface area (Å²) in [5, 5.41) is 180. The molecule has 504 valence electrons. The van der Waals surface area contributed by atoms with Crippen molar-refractivity contribution >= 4 is 0 Å². The van der Waals surface area contributed by atoms with Gasteiger partial charge < -0.3 is 144 Å². The van der Waals surface area contributed by atoms with Crippen LogP contribution in [0.1, 0.15) is 91.9 Å². The number of hydrogen-bond acceptors (Lipinski definition) is 29. The molecular weight excluding hydrogens is 1160 g/mol. The molecule has 0 amide bonds. The molecule has 0 aromatic carbocycles. The van der Waals surface area contributed by atoms with Crippen molar-refractivity contribution < 1.29 is 144 Å². The number of aliphatic hydroxyl groups is 17. The predicted octanol–water partition coefficient (Wildman–Crippen LogP) is -5.48. The summed E-state index contributed by atoms with van der Waals surface area (Å²) < 4.78 is 73.7. The lowest BCUT2D eigenvalue weighted by atomic mass is 9.44. The molecule has 0 unspecified atom stereocenters. The van der Waals surface area contributed by atoms with Crippen LogP contribution in [-0.4, -0.2) is 305 Å². The van der Waals surface area contributed by atoms with E-state index in [-0.39, 0.29) is 47.2 Å². The van der Waals surface area contributed by atoms with Gasteiger partial charge in [-0.2, -0.15) is 0 Å². The van der Waals surface area contributed by atoms with E-state index in [2.05, 4.69) is 20.8 Å². The largest absolute Gasteiger partial charge is 0.394 e. The van der Waals surface area contributed by atoms with Crippen LogP contribution < -0.4 is 0 Å². The number of hydrogen-bond donors (Lipinski definition) is 17. The normalized spacial score (nSPS) is 54.8. The average Bonchev–Trinajstić information content (AvgIpc) is 1.58. The van der Waals surface area contributed by atoms with Gasteiger partial charge in [0.15, 0.2) is 37.2 Å². The summed E-state index contributed by atoms with van der Waals surface area (Å²) in [6.07, 6.45) is -34.8. The standard InChI is InChI=1S/C58H98O29/c1-22(20-77-51-44(71)40(67)36(63)30(16-59)80-51)8-13-58(76-5)23(2)35-29(87-58)15-28-26-7-6-24-14-25(9-11-56(24,3)27(26)10-12-57(28,35)4)79-55-50(86-54-47(74)43(70)39(66)33(19-62)83-54)48(75)49(85-53-46(73)42(69)38(65)32(18-61)82-53)34(84-55)21-78-52-45(72)41(68)37(64)31(17-60)81-52/h22-55,59-75H,6-21H2,1-5H3/t22-,23+,24-,25+,26-,27+,28+,29+,30-,31-,32-,33-,34-,35+,36-,37-,38-,39-,40+,41+,42+,43+,44-,45-,46-,47-,48+,49-,50-,51-,52-,53+,54+,55-,56+,57+,58-/m1/s1. The lowest BCUT2D eigenvalue weighted by Crippen LogP contribution is -2.67. The van der Waals surface area contributed by atoms with Crippen LogP contribution in [0, 0.1) is 52.3 Å². The Morgan fingerprint density at radius 2 is 0.966 bits per heavy atom. The van der Waals surface area contributed by atoms with Crippen LogP contribution >= 0.6 is 0 Å². The lowest BCUT2D eigenvalue weighted by molar-refractivity contribution is -0.395. The van der Waals surface area contributed by atoms with Crippen LogP contribution in [0.15, 0.2) is 0 Å². The molecule has 4 saturated carbocycles. The Labute approximate surface area is 504 Å². The van der Waals surface area contributed by atoms with Gasteiger partial charge in [-0.3, -0.25) is 0 Å². The minimum atomic E-state index is -2.00. The molecule has 37 atom stereocenters. The topological polar surface area (TPSA) is 455 Å². The number of methoxy groups -OCH3 is 1. The first-order valence-electron chi connectivity index (χ1n) is 31.3. The Bertz CT molecular complexity index is 2200. The molecule has 29 nitrogen and oxygen atoms in total. The van der Waals surface area contributed by atoms with E-state index in [0.717, 1.165) is 38.5 Å². The first-order valence-corrected chi connectivity index (χ1v) is 31.3. The molecule has 10 fully saturated rings. The minimum Gasteiger partial charge on any atom is -0.394 e. The SMILES string of the molecule is CO[C@]1(CC[C@@H](C)CO[C@@H]2O[C@H](CO)[C@@H](O)[C@H](O)[C@H]2O)O[C@H]2C[C@H]3[C@@H]4CC[C@@H]5C[C@@H](O[C@@H]6O[C@H](CO[C@@H]7O[C@H](CO)[C@@H](O)[C@H](O)[C@H]7O)[C@@H](O[C@@H]7O[C@H](CO)[C@@H](O)[C@H](O)[C@H]7O)[C@H](O)[C@H]6O[C@@H]6O[C@H](CO)[C@@H](O)[C@H](O)[C@H]6O)CC[C@]5(C)[C@H]4CC[C@]3(C)[C@H]2[C@@H]1C. The minimum absolute atomic E-state index is 0.0262. The van der Waals surface area contributed by atoms with Crippen molar-refractivity contribution in [2.45, 2.75) is 263 Å². The molecule has 4 aliphatic carbocycles. The summed E-state index contributed by atoms with van der Waals surface area (Å²) in [5.41, 5.74) is -0.140. The van der Waals surface area contributed by atoms with Crippen molar-refractivity contribution in [2.24, 2.45) is 52.3 Å². The van der Waals surface area contributed by atoms with E-state index < -0.39 is 198 Å². The lowest BCUT2D eigenvalue weighted by Gasteiger charge is -2.61. The highest BCUT2D eigenvalue weighted by Gasteiger charge is 2.69. The van der Waals surface area contributed by atoms with E-state index in [0.29, 0.717) is 43.4 Å². The highest BCUT2D eigenvalue weighted by molar-refractivity contribution is 5.15. The molecule has 10 aliphatic rings. The maximum absolute atomic E-state index is 12.6. The third-order valence-corrected chi connectivity index (χ3v) is 22.5. The summed E-state index contributed by atoms with van der Waals surface area (Å²) in [7, 11) is 1.70. The van der Waals surface area contributed by atoms with Crippen molar-refractivity contribution in [3.63, 3.8) is 0 Å². The Morgan fingerprint density at radius 1 is 0.483 bits per heavy atom. The number of aliphatic hydroxyl groups excluding tert-OH is 17. The molecule has 0 spiro atoms. The van der Waals surface area contributed by atoms with Crippen molar-refractivity contribution in [1.82, 2.24) is 0 Å². The first kappa shape index (κ1) is 68.7. The third-order valence-electron chi connectivity index (χ3n) is 22.5. The van der Waals surface area contributed by atoms with E-state index in [1.54, 1.807) is 7.11 Å². The van der Waals surface area contributed by atoms with Crippen molar-refractivity contribution in [2.75, 3.05) is 46.8 Å². The Kier molecular flexibility index (Phi) is 21.8. The third kappa shape index (κ3) is 12.7. The van der Waals surface area contributed by atoms with Gasteiger partial charge in [0.25, 0.3) is 0 Å². The summed E-state index contributed by atoms with van der Waals surface area (Å²) in [4.78, 5) is 0. The number of rotatable bonds is 20. The molecule has 29 heteroatoms. The van der Waals surface area contributed by atoms with Gasteiger partial charge in [-0.25, -0.2) is 0 Å². The van der Waals surface area contributed by atoms with Crippen LogP contribution in [0.25, 0.3) is 0 Å². The van der Waals surface area contributed by atoms with Gasteiger partial charge in [0.1, 0.15) is 122 Å². The maximum atomic E-state index is 12.6. The highest BCUT2D eigenvalue weighted by atomic mass is 16.8. The second-order valence-corrected chi connectivity index (χ2v) is 27.3. The number of fused-ring (bicyclic) bond motifs is 7. The molecular formula is C58H98O29. The molecule has 0 aromatic rings. The molecule has 6 aliphatic heterocycles. The fourth-order valence-corrected chi connectivity index (χ4v) is 17.3. The molecule has 6 heterocycles. The van der Waals surface area contributed by atoms with Crippen molar-refractivity contribution in [3.8, 4) is 0 Å². The van der Waals surface area contributed by atoms with Crippen LogP contribution in [-0.2, 0) is 56.8 Å². The maximum Gasteiger partial charge on any atom is 0.187 e.